The van der Waals surface area contributed by atoms with Gasteiger partial charge in [-0.1, -0.05) is 34.1 Å². The maximum Gasteiger partial charge on any atom is 0.416 e. The van der Waals surface area contributed by atoms with Crippen molar-refractivity contribution in [1.29, 1.82) is 0 Å². The zero-order valence-corrected chi connectivity index (χ0v) is 18.0. The van der Waals surface area contributed by atoms with Crippen molar-refractivity contribution in [3.8, 4) is 11.4 Å². The third-order valence-corrected chi connectivity index (χ3v) is 6.10. The summed E-state index contributed by atoms with van der Waals surface area (Å²) < 4.78 is 39.4. The largest absolute Gasteiger partial charge is 0.416 e. The Balaban J connectivity index is 1.33. The molecule has 1 aliphatic rings. The van der Waals surface area contributed by atoms with Crippen LogP contribution in [-0.2, 0) is 25.7 Å². The fourth-order valence-corrected chi connectivity index (χ4v) is 4.35. The van der Waals surface area contributed by atoms with Crippen LogP contribution in [0.25, 0.3) is 22.3 Å². The first-order valence-corrected chi connectivity index (χ1v) is 10.7. The highest BCUT2D eigenvalue weighted by Crippen LogP contribution is 2.31. The summed E-state index contributed by atoms with van der Waals surface area (Å²) in [5, 5.41) is 1.21. The molecule has 0 radical (unpaired) electrons. The molecule has 1 aliphatic heterocycles. The smallest absolute Gasteiger partial charge is 0.361 e. The number of fused-ring (bicyclic) bond motifs is 2. The lowest BCUT2D eigenvalue weighted by Gasteiger charge is -2.28. The van der Waals surface area contributed by atoms with E-state index in [4.69, 9.17) is 0 Å². The van der Waals surface area contributed by atoms with Gasteiger partial charge in [0.2, 0.25) is 0 Å². The molecular formula is C23H18BrF3N4. The average Bonchev–Trinajstić information content (AvgIpc) is 3.14. The van der Waals surface area contributed by atoms with Gasteiger partial charge in [0.25, 0.3) is 0 Å². The van der Waals surface area contributed by atoms with E-state index in [1.165, 1.54) is 23.1 Å². The van der Waals surface area contributed by atoms with Crippen LogP contribution in [0.3, 0.4) is 0 Å². The predicted molar refractivity (Wildman–Crippen MR) is 116 cm³/mol. The van der Waals surface area contributed by atoms with E-state index >= 15 is 0 Å². The highest BCUT2D eigenvalue weighted by molar-refractivity contribution is 9.10. The number of halogens is 4. The van der Waals surface area contributed by atoms with E-state index in [9.17, 15) is 13.2 Å². The molecule has 0 unspecified atom stereocenters. The van der Waals surface area contributed by atoms with Gasteiger partial charge >= 0.3 is 6.18 Å². The van der Waals surface area contributed by atoms with Gasteiger partial charge in [-0.2, -0.15) is 13.2 Å². The lowest BCUT2D eigenvalue weighted by atomic mass is 10.1. The van der Waals surface area contributed by atoms with Crippen molar-refractivity contribution in [1.82, 2.24) is 19.9 Å². The number of rotatable bonds is 3. The maximum atomic E-state index is 12.8. The summed E-state index contributed by atoms with van der Waals surface area (Å²) in [5.41, 5.74) is 4.28. The van der Waals surface area contributed by atoms with Crippen LogP contribution in [0.1, 0.15) is 22.4 Å². The van der Waals surface area contributed by atoms with Gasteiger partial charge in [0.05, 0.1) is 11.3 Å². The van der Waals surface area contributed by atoms with Crippen molar-refractivity contribution in [2.24, 2.45) is 0 Å². The minimum Gasteiger partial charge on any atom is -0.361 e. The second-order valence-electron chi connectivity index (χ2n) is 7.71. The number of hydrogen-bond acceptors (Lipinski definition) is 3. The van der Waals surface area contributed by atoms with Crippen molar-refractivity contribution in [2.45, 2.75) is 25.7 Å². The summed E-state index contributed by atoms with van der Waals surface area (Å²) in [6.45, 7) is 2.42. The molecule has 3 heterocycles. The molecule has 4 nitrogen and oxygen atoms in total. The molecule has 0 bridgehead atoms. The Labute approximate surface area is 185 Å². The quantitative estimate of drug-likeness (QED) is 0.388. The average molecular weight is 487 g/mol. The molecule has 8 heteroatoms. The van der Waals surface area contributed by atoms with E-state index in [0.717, 1.165) is 59.4 Å². The van der Waals surface area contributed by atoms with Gasteiger partial charge in [0.1, 0.15) is 0 Å². The summed E-state index contributed by atoms with van der Waals surface area (Å²) >= 11 is 3.50. The summed E-state index contributed by atoms with van der Waals surface area (Å²) in [7, 11) is 0. The van der Waals surface area contributed by atoms with Gasteiger partial charge in [0.15, 0.2) is 5.82 Å². The van der Waals surface area contributed by atoms with Crippen LogP contribution in [0, 0.1) is 0 Å². The minimum atomic E-state index is -4.35. The topological polar surface area (TPSA) is 44.8 Å². The number of H-pyrrole nitrogens is 1. The van der Waals surface area contributed by atoms with E-state index in [-0.39, 0.29) is 0 Å². The van der Waals surface area contributed by atoms with Gasteiger partial charge < -0.3 is 4.98 Å². The molecule has 2 aromatic carbocycles. The molecule has 5 rings (SSSR count). The molecule has 0 spiro atoms. The van der Waals surface area contributed by atoms with Crippen molar-refractivity contribution >= 4 is 26.8 Å². The Morgan fingerprint density at radius 1 is 1.10 bits per heavy atom. The zero-order chi connectivity index (χ0) is 21.6. The van der Waals surface area contributed by atoms with E-state index in [1.54, 1.807) is 6.20 Å². The molecule has 2 aromatic heterocycles. The summed E-state index contributed by atoms with van der Waals surface area (Å²) in [4.78, 5) is 14.7. The number of aromatic nitrogens is 3. The van der Waals surface area contributed by atoms with E-state index in [0.29, 0.717) is 11.4 Å². The monoisotopic (exact) mass is 486 g/mol. The van der Waals surface area contributed by atoms with Crippen molar-refractivity contribution in [3.05, 3.63) is 81.7 Å². The Bertz CT molecular complexity index is 1250. The standard InChI is InChI=1S/C23H18BrF3N4/c24-18-5-6-19-15(10-28-21(19)9-18)12-31-8-7-20-16(13-31)11-29-22(30-20)14-1-3-17(4-2-14)23(25,26)27/h1-6,9-11,28H,7-8,12-13H2. The van der Waals surface area contributed by atoms with Gasteiger partial charge in [-0.3, -0.25) is 4.90 Å². The highest BCUT2D eigenvalue weighted by Gasteiger charge is 2.30. The predicted octanol–water partition coefficient (Wildman–Crippen LogP) is 5.96. The molecule has 0 fully saturated rings. The highest BCUT2D eigenvalue weighted by atomic mass is 79.9. The molecule has 0 saturated heterocycles. The maximum absolute atomic E-state index is 12.8. The van der Waals surface area contributed by atoms with Crippen LogP contribution < -0.4 is 0 Å². The van der Waals surface area contributed by atoms with Crippen LogP contribution in [0.4, 0.5) is 13.2 Å². The lowest BCUT2D eigenvalue weighted by Crippen LogP contribution is -2.30. The van der Waals surface area contributed by atoms with Crippen LogP contribution >= 0.6 is 15.9 Å². The zero-order valence-electron chi connectivity index (χ0n) is 16.4. The minimum absolute atomic E-state index is 0.461. The first kappa shape index (κ1) is 20.2. The summed E-state index contributed by atoms with van der Waals surface area (Å²) in [6, 6.07) is 11.2. The molecule has 1 N–H and O–H groups in total. The molecule has 4 aromatic rings. The van der Waals surface area contributed by atoms with Crippen LogP contribution in [-0.4, -0.2) is 26.4 Å². The molecule has 0 atom stereocenters. The van der Waals surface area contributed by atoms with Gasteiger partial charge in [-0.15, -0.1) is 0 Å². The third kappa shape index (κ3) is 4.09. The molecule has 158 valence electrons. The van der Waals surface area contributed by atoms with Crippen LogP contribution in [0.2, 0.25) is 0 Å². The Kier molecular flexibility index (Phi) is 5.06. The molecule has 31 heavy (non-hydrogen) atoms. The third-order valence-electron chi connectivity index (χ3n) is 5.61. The SMILES string of the molecule is FC(F)(F)c1ccc(-c2ncc3c(n2)CCN(Cc2c[nH]c4cc(Br)ccc24)C3)cc1. The lowest BCUT2D eigenvalue weighted by molar-refractivity contribution is -0.137. The first-order chi connectivity index (χ1) is 14.9. The number of aromatic amines is 1. The van der Waals surface area contributed by atoms with E-state index in [2.05, 4.69) is 54.1 Å². The second-order valence-corrected chi connectivity index (χ2v) is 8.62. The molecule has 0 aliphatic carbocycles. The normalized spacial score (nSPS) is 14.7. The number of hydrogen-bond donors (Lipinski definition) is 1. The fraction of sp³-hybridized carbons (Fsp3) is 0.217. The Morgan fingerprint density at radius 3 is 2.68 bits per heavy atom. The van der Waals surface area contributed by atoms with Gasteiger partial charge in [-0.05, 0) is 29.8 Å². The fourth-order valence-electron chi connectivity index (χ4n) is 3.99. The van der Waals surface area contributed by atoms with Crippen molar-refractivity contribution in [2.75, 3.05) is 6.54 Å². The van der Waals surface area contributed by atoms with E-state index in [1.807, 2.05) is 6.07 Å². The van der Waals surface area contributed by atoms with Crippen LogP contribution in [0.5, 0.6) is 0 Å². The summed E-state index contributed by atoms with van der Waals surface area (Å²) in [6.07, 6.45) is 0.282. The second kappa shape index (κ2) is 7.76. The number of nitrogens with zero attached hydrogens (tertiary/aromatic N) is 3. The Morgan fingerprint density at radius 2 is 1.90 bits per heavy atom. The van der Waals surface area contributed by atoms with Gasteiger partial charge in [-0.25, -0.2) is 9.97 Å². The van der Waals surface area contributed by atoms with Crippen LogP contribution in [0.15, 0.2) is 59.3 Å². The Hall–Kier alpha value is -2.71. The van der Waals surface area contributed by atoms with E-state index < -0.39 is 11.7 Å². The summed E-state index contributed by atoms with van der Waals surface area (Å²) in [5.74, 6) is 0.461. The first-order valence-electron chi connectivity index (χ1n) is 9.87. The number of alkyl halides is 3. The van der Waals surface area contributed by atoms with Crippen molar-refractivity contribution in [3.63, 3.8) is 0 Å². The van der Waals surface area contributed by atoms with Gasteiger partial charge in [0, 0.05) is 65.0 Å². The number of nitrogens with one attached hydrogen (secondary N) is 1. The molecule has 0 amide bonds. The molecule has 0 saturated carbocycles. The van der Waals surface area contributed by atoms with Crippen molar-refractivity contribution < 1.29 is 13.2 Å². The molecular weight excluding hydrogens is 469 g/mol. The number of benzene rings is 2.